The van der Waals surface area contributed by atoms with Gasteiger partial charge in [-0.2, -0.15) is 10.5 Å². The molecule has 0 radical (unpaired) electrons. The summed E-state index contributed by atoms with van der Waals surface area (Å²) in [5.41, 5.74) is 1.25. The molecular weight excluding hydrogens is 194 g/mol. The van der Waals surface area contributed by atoms with Crippen LogP contribution >= 0.6 is 0 Å². The first-order valence-corrected chi connectivity index (χ1v) is 4.15. The molecule has 0 aliphatic heterocycles. The van der Waals surface area contributed by atoms with Gasteiger partial charge < -0.3 is 0 Å². The third kappa shape index (κ3) is 2.09. The van der Waals surface area contributed by atoms with Crippen molar-refractivity contribution in [2.45, 2.75) is 13.3 Å². The molecule has 0 saturated heterocycles. The molecule has 0 bridgehead atoms. The smallest absolute Gasteiger partial charge is 0.258 e. The molecule has 0 aliphatic rings. The maximum absolute atomic E-state index is 10.6. The number of non-ortho nitro benzene ring substituents is 1. The summed E-state index contributed by atoms with van der Waals surface area (Å²) in [6, 6.07) is 6.34. The van der Waals surface area contributed by atoms with Gasteiger partial charge in [0.1, 0.15) is 0 Å². The standard InChI is InChI=1S/C10H7N3O2/c1-7-8(2-3-11)4-10(13(14)15)5-9(7)6-12/h4-5H,2H2,1H3. The van der Waals surface area contributed by atoms with Crippen molar-refractivity contribution >= 4 is 5.69 Å². The van der Waals surface area contributed by atoms with Crippen LogP contribution in [-0.2, 0) is 6.42 Å². The van der Waals surface area contributed by atoms with Crippen LogP contribution in [-0.4, -0.2) is 4.92 Å². The summed E-state index contributed by atoms with van der Waals surface area (Å²) in [6.45, 7) is 1.68. The summed E-state index contributed by atoms with van der Waals surface area (Å²) in [5, 5.41) is 27.8. The van der Waals surface area contributed by atoms with E-state index in [4.69, 9.17) is 10.5 Å². The van der Waals surface area contributed by atoms with Crippen LogP contribution in [0.1, 0.15) is 16.7 Å². The van der Waals surface area contributed by atoms with E-state index in [9.17, 15) is 10.1 Å². The fourth-order valence-electron chi connectivity index (χ4n) is 1.25. The molecule has 0 N–H and O–H groups in total. The van der Waals surface area contributed by atoms with E-state index < -0.39 is 4.92 Å². The van der Waals surface area contributed by atoms with E-state index >= 15 is 0 Å². The second-order valence-electron chi connectivity index (χ2n) is 2.98. The fraction of sp³-hybridized carbons (Fsp3) is 0.200. The molecule has 74 valence electrons. The molecule has 0 unspecified atom stereocenters. The number of rotatable bonds is 2. The van der Waals surface area contributed by atoms with Crippen LogP contribution in [0.4, 0.5) is 5.69 Å². The monoisotopic (exact) mass is 201 g/mol. The molecule has 0 saturated carbocycles. The Balaban J connectivity index is 3.41. The summed E-state index contributed by atoms with van der Waals surface area (Å²) in [5.74, 6) is 0. The zero-order chi connectivity index (χ0) is 11.4. The van der Waals surface area contributed by atoms with E-state index in [1.807, 2.05) is 12.1 Å². The Morgan fingerprint density at radius 1 is 1.47 bits per heavy atom. The van der Waals surface area contributed by atoms with Crippen molar-refractivity contribution in [3.8, 4) is 12.1 Å². The Morgan fingerprint density at radius 3 is 2.60 bits per heavy atom. The molecule has 0 heterocycles. The number of nitriles is 2. The molecule has 0 amide bonds. The van der Waals surface area contributed by atoms with E-state index in [1.54, 1.807) is 6.92 Å². The highest BCUT2D eigenvalue weighted by molar-refractivity contribution is 5.51. The first kappa shape index (κ1) is 10.7. The number of benzene rings is 1. The van der Waals surface area contributed by atoms with Crippen LogP contribution in [0, 0.1) is 39.7 Å². The molecular formula is C10H7N3O2. The maximum Gasteiger partial charge on any atom is 0.271 e. The molecule has 0 aliphatic carbocycles. The minimum atomic E-state index is -0.568. The van der Waals surface area contributed by atoms with Gasteiger partial charge in [-0.3, -0.25) is 10.1 Å². The van der Waals surface area contributed by atoms with Gasteiger partial charge in [0.05, 0.1) is 29.0 Å². The molecule has 0 spiro atoms. The van der Waals surface area contributed by atoms with Crippen LogP contribution in [0.3, 0.4) is 0 Å². The lowest BCUT2D eigenvalue weighted by atomic mass is 10.00. The topological polar surface area (TPSA) is 90.7 Å². The van der Waals surface area contributed by atoms with Gasteiger partial charge in [0.25, 0.3) is 5.69 Å². The first-order chi connectivity index (χ1) is 7.10. The predicted octanol–water partition coefficient (Wildman–Crippen LogP) is 1.84. The Morgan fingerprint density at radius 2 is 2.13 bits per heavy atom. The van der Waals surface area contributed by atoms with Crippen LogP contribution in [0.15, 0.2) is 12.1 Å². The Hall–Kier alpha value is -2.40. The molecule has 0 atom stereocenters. The van der Waals surface area contributed by atoms with Crippen molar-refractivity contribution in [3.63, 3.8) is 0 Å². The van der Waals surface area contributed by atoms with Crippen LogP contribution < -0.4 is 0 Å². The second kappa shape index (κ2) is 4.21. The lowest BCUT2D eigenvalue weighted by molar-refractivity contribution is -0.384. The third-order valence-corrected chi connectivity index (χ3v) is 2.10. The number of hydrogen-bond acceptors (Lipinski definition) is 4. The minimum Gasteiger partial charge on any atom is -0.258 e. The molecule has 1 aromatic carbocycles. The lowest BCUT2D eigenvalue weighted by Gasteiger charge is -2.03. The van der Waals surface area contributed by atoms with Crippen LogP contribution in [0.2, 0.25) is 0 Å². The summed E-state index contributed by atoms with van der Waals surface area (Å²) in [4.78, 5) is 9.98. The summed E-state index contributed by atoms with van der Waals surface area (Å²) >= 11 is 0. The maximum atomic E-state index is 10.6. The van der Waals surface area contributed by atoms with Crippen molar-refractivity contribution < 1.29 is 4.92 Å². The molecule has 15 heavy (non-hydrogen) atoms. The van der Waals surface area contributed by atoms with Crippen molar-refractivity contribution in [2.24, 2.45) is 0 Å². The highest BCUT2D eigenvalue weighted by atomic mass is 16.6. The van der Waals surface area contributed by atoms with E-state index in [-0.39, 0.29) is 17.7 Å². The van der Waals surface area contributed by atoms with Gasteiger partial charge >= 0.3 is 0 Å². The van der Waals surface area contributed by atoms with Gasteiger partial charge in [0, 0.05) is 12.1 Å². The largest absolute Gasteiger partial charge is 0.271 e. The number of nitrogens with zero attached hydrogens (tertiary/aromatic N) is 3. The van der Waals surface area contributed by atoms with Gasteiger partial charge in [-0.05, 0) is 18.1 Å². The lowest BCUT2D eigenvalue weighted by Crippen LogP contribution is -1.96. The Bertz CT molecular complexity index is 495. The predicted molar refractivity (Wildman–Crippen MR) is 51.9 cm³/mol. The first-order valence-electron chi connectivity index (χ1n) is 4.15. The molecule has 5 nitrogen and oxygen atoms in total. The van der Waals surface area contributed by atoms with Gasteiger partial charge in [-0.15, -0.1) is 0 Å². The van der Waals surface area contributed by atoms with Gasteiger partial charge in [0.2, 0.25) is 0 Å². The van der Waals surface area contributed by atoms with E-state index in [0.29, 0.717) is 11.1 Å². The highest BCUT2D eigenvalue weighted by Crippen LogP contribution is 2.21. The second-order valence-corrected chi connectivity index (χ2v) is 2.98. The van der Waals surface area contributed by atoms with Crippen LogP contribution in [0.5, 0.6) is 0 Å². The molecule has 0 aromatic heterocycles. The van der Waals surface area contributed by atoms with Crippen molar-refractivity contribution in [2.75, 3.05) is 0 Å². The average molecular weight is 201 g/mol. The third-order valence-electron chi connectivity index (χ3n) is 2.10. The van der Waals surface area contributed by atoms with E-state index in [1.165, 1.54) is 12.1 Å². The van der Waals surface area contributed by atoms with E-state index in [2.05, 4.69) is 0 Å². The Labute approximate surface area is 86.3 Å². The Kier molecular flexibility index (Phi) is 3.00. The van der Waals surface area contributed by atoms with Crippen molar-refractivity contribution in [1.82, 2.24) is 0 Å². The molecule has 0 fully saturated rings. The van der Waals surface area contributed by atoms with Gasteiger partial charge in [0.15, 0.2) is 0 Å². The summed E-state index contributed by atoms with van der Waals surface area (Å²) in [7, 11) is 0. The zero-order valence-corrected chi connectivity index (χ0v) is 8.02. The number of hydrogen-bond donors (Lipinski definition) is 0. The molecule has 1 rings (SSSR count). The fourth-order valence-corrected chi connectivity index (χ4v) is 1.25. The number of nitro benzene ring substituents is 1. The highest BCUT2D eigenvalue weighted by Gasteiger charge is 2.13. The normalized spacial score (nSPS) is 9.00. The van der Waals surface area contributed by atoms with Crippen molar-refractivity contribution in [1.29, 1.82) is 10.5 Å². The van der Waals surface area contributed by atoms with Crippen molar-refractivity contribution in [3.05, 3.63) is 38.9 Å². The minimum absolute atomic E-state index is 0.0716. The SMILES string of the molecule is Cc1c(C#N)cc([N+](=O)[O-])cc1CC#N. The molecule has 1 aromatic rings. The van der Waals surface area contributed by atoms with Crippen LogP contribution in [0.25, 0.3) is 0 Å². The van der Waals surface area contributed by atoms with E-state index in [0.717, 1.165) is 0 Å². The molecule has 5 heteroatoms. The number of nitro groups is 1. The van der Waals surface area contributed by atoms with Gasteiger partial charge in [-0.1, -0.05) is 0 Å². The van der Waals surface area contributed by atoms with Gasteiger partial charge in [-0.25, -0.2) is 0 Å². The summed E-state index contributed by atoms with van der Waals surface area (Å²) in [6.07, 6.45) is 0.0716. The zero-order valence-electron chi connectivity index (χ0n) is 8.02. The summed E-state index contributed by atoms with van der Waals surface area (Å²) < 4.78 is 0. The quantitative estimate of drug-likeness (QED) is 0.539. The average Bonchev–Trinajstić information content (AvgIpc) is 2.21.